The summed E-state index contributed by atoms with van der Waals surface area (Å²) in [6.45, 7) is 5.30. The van der Waals surface area contributed by atoms with Gasteiger partial charge in [0, 0.05) is 24.5 Å². The van der Waals surface area contributed by atoms with Crippen LogP contribution in [0.4, 0.5) is 11.4 Å². The summed E-state index contributed by atoms with van der Waals surface area (Å²) in [5, 5.41) is 3.16. The summed E-state index contributed by atoms with van der Waals surface area (Å²) in [7, 11) is 1.78. The first-order valence-corrected chi connectivity index (χ1v) is 8.34. The Morgan fingerprint density at radius 1 is 1.12 bits per heavy atom. The lowest BCUT2D eigenvalue weighted by Gasteiger charge is -2.18. The van der Waals surface area contributed by atoms with Crippen molar-refractivity contribution in [3.05, 3.63) is 54.6 Å². The number of likely N-dealkylation sites (N-methyl/N-ethyl adjacent to an activating group) is 1. The molecule has 0 bridgehead atoms. The molecule has 2 aromatic rings. The fraction of sp³-hybridized carbons (Fsp3) is 0.350. The highest BCUT2D eigenvalue weighted by Gasteiger charge is 2.10. The highest BCUT2D eigenvalue weighted by molar-refractivity contribution is 5.95. The molecule has 1 amide bonds. The van der Waals surface area contributed by atoms with Crippen LogP contribution < -0.4 is 15.0 Å². The summed E-state index contributed by atoms with van der Waals surface area (Å²) < 4.78 is 5.75. The van der Waals surface area contributed by atoms with Crippen molar-refractivity contribution in [2.75, 3.05) is 30.4 Å². The number of anilines is 2. The first-order valence-electron chi connectivity index (χ1n) is 8.34. The van der Waals surface area contributed by atoms with Crippen LogP contribution in [-0.4, -0.2) is 26.1 Å². The van der Waals surface area contributed by atoms with Crippen molar-refractivity contribution in [2.24, 2.45) is 5.92 Å². The van der Waals surface area contributed by atoms with Gasteiger partial charge in [-0.05, 0) is 36.6 Å². The molecule has 0 fully saturated rings. The molecule has 0 saturated carbocycles. The van der Waals surface area contributed by atoms with E-state index in [1.807, 2.05) is 54.6 Å². The minimum Gasteiger partial charge on any atom is -0.494 e. The molecular weight excluding hydrogens is 300 g/mol. The molecule has 0 aliphatic carbocycles. The molecule has 0 radical (unpaired) electrons. The molecule has 1 N–H and O–H groups in total. The molecular formula is C20H26N2O2. The molecule has 0 saturated heterocycles. The number of amides is 1. The van der Waals surface area contributed by atoms with Crippen molar-refractivity contribution in [3.63, 3.8) is 0 Å². The number of para-hydroxylation sites is 1. The predicted molar refractivity (Wildman–Crippen MR) is 99.7 cm³/mol. The zero-order valence-corrected chi connectivity index (χ0v) is 14.7. The van der Waals surface area contributed by atoms with E-state index < -0.39 is 0 Å². The van der Waals surface area contributed by atoms with Gasteiger partial charge in [0.15, 0.2) is 0 Å². The van der Waals surface area contributed by atoms with Crippen LogP contribution in [0.5, 0.6) is 5.75 Å². The second kappa shape index (κ2) is 8.96. The van der Waals surface area contributed by atoms with Crippen molar-refractivity contribution < 1.29 is 9.53 Å². The van der Waals surface area contributed by atoms with E-state index in [0.717, 1.165) is 23.5 Å². The van der Waals surface area contributed by atoms with Crippen LogP contribution in [0.1, 0.15) is 20.3 Å². The van der Waals surface area contributed by atoms with Gasteiger partial charge in [-0.15, -0.1) is 0 Å². The molecule has 2 rings (SSSR count). The van der Waals surface area contributed by atoms with Gasteiger partial charge in [0.25, 0.3) is 0 Å². The van der Waals surface area contributed by atoms with Crippen molar-refractivity contribution >= 4 is 17.3 Å². The Labute approximate surface area is 144 Å². The third-order valence-electron chi connectivity index (χ3n) is 3.76. The van der Waals surface area contributed by atoms with Crippen LogP contribution in [0.2, 0.25) is 0 Å². The van der Waals surface area contributed by atoms with Crippen LogP contribution >= 0.6 is 0 Å². The van der Waals surface area contributed by atoms with E-state index in [-0.39, 0.29) is 12.5 Å². The second-order valence-corrected chi connectivity index (χ2v) is 6.20. The Morgan fingerprint density at radius 2 is 1.88 bits per heavy atom. The second-order valence-electron chi connectivity index (χ2n) is 6.20. The fourth-order valence-corrected chi connectivity index (χ4v) is 2.20. The van der Waals surface area contributed by atoms with E-state index in [1.165, 1.54) is 0 Å². The van der Waals surface area contributed by atoms with Gasteiger partial charge in [0.2, 0.25) is 5.91 Å². The summed E-state index contributed by atoms with van der Waals surface area (Å²) in [6.07, 6.45) is 1.03. The van der Waals surface area contributed by atoms with Crippen LogP contribution in [0, 0.1) is 5.92 Å². The number of carbonyl (C=O) groups excluding carboxylic acids is 1. The number of hydrogen-bond donors (Lipinski definition) is 1. The maximum atomic E-state index is 12.3. The highest BCUT2D eigenvalue weighted by atomic mass is 16.5. The van der Waals surface area contributed by atoms with Gasteiger partial charge in [-0.25, -0.2) is 0 Å². The van der Waals surface area contributed by atoms with Crippen molar-refractivity contribution in [3.8, 4) is 5.75 Å². The molecule has 0 atom stereocenters. The number of carbonyl (C=O) groups is 1. The molecule has 0 aromatic heterocycles. The standard InChI is InChI=1S/C20H26N2O2/c1-16(2)12-13-24-19-11-7-8-17(14-19)21-15-20(23)22(3)18-9-5-4-6-10-18/h4-11,14,16,21H,12-13,15H2,1-3H3. The molecule has 0 aliphatic heterocycles. The number of benzene rings is 2. The SMILES string of the molecule is CC(C)CCOc1cccc(NCC(=O)N(C)c2ccccc2)c1. The largest absolute Gasteiger partial charge is 0.494 e. The Balaban J connectivity index is 1.86. The molecule has 2 aromatic carbocycles. The van der Waals surface area contributed by atoms with Gasteiger partial charge in [0.05, 0.1) is 13.2 Å². The molecule has 24 heavy (non-hydrogen) atoms. The van der Waals surface area contributed by atoms with E-state index >= 15 is 0 Å². The minimum atomic E-state index is 0.00679. The van der Waals surface area contributed by atoms with Gasteiger partial charge in [0.1, 0.15) is 5.75 Å². The third-order valence-corrected chi connectivity index (χ3v) is 3.76. The molecule has 4 heteroatoms. The van der Waals surface area contributed by atoms with Crippen molar-refractivity contribution in [1.29, 1.82) is 0 Å². The lowest BCUT2D eigenvalue weighted by atomic mass is 10.1. The van der Waals surface area contributed by atoms with Gasteiger partial charge >= 0.3 is 0 Å². The number of ether oxygens (including phenoxy) is 1. The fourth-order valence-electron chi connectivity index (χ4n) is 2.20. The molecule has 0 aliphatic rings. The molecule has 0 unspecified atom stereocenters. The zero-order valence-electron chi connectivity index (χ0n) is 14.7. The quantitative estimate of drug-likeness (QED) is 0.791. The van der Waals surface area contributed by atoms with Crippen LogP contribution in [-0.2, 0) is 4.79 Å². The topological polar surface area (TPSA) is 41.6 Å². The zero-order chi connectivity index (χ0) is 17.4. The summed E-state index contributed by atoms with van der Waals surface area (Å²) >= 11 is 0. The van der Waals surface area contributed by atoms with Crippen molar-refractivity contribution in [1.82, 2.24) is 0 Å². The molecule has 4 nitrogen and oxygen atoms in total. The maximum absolute atomic E-state index is 12.3. The van der Waals surface area contributed by atoms with Crippen molar-refractivity contribution in [2.45, 2.75) is 20.3 Å². The Hall–Kier alpha value is -2.49. The van der Waals surface area contributed by atoms with E-state index in [4.69, 9.17) is 4.74 Å². The highest BCUT2D eigenvalue weighted by Crippen LogP contribution is 2.18. The molecule has 0 heterocycles. The molecule has 0 spiro atoms. The summed E-state index contributed by atoms with van der Waals surface area (Å²) in [5.41, 5.74) is 1.77. The van der Waals surface area contributed by atoms with Crippen LogP contribution in [0.25, 0.3) is 0 Å². The Bertz CT molecular complexity index is 641. The minimum absolute atomic E-state index is 0.00679. The first-order chi connectivity index (χ1) is 11.6. The Kier molecular flexibility index (Phi) is 6.67. The van der Waals surface area contributed by atoms with Crippen LogP contribution in [0.3, 0.4) is 0 Å². The lowest BCUT2D eigenvalue weighted by molar-refractivity contribution is -0.116. The average Bonchev–Trinajstić information content (AvgIpc) is 2.60. The third kappa shape index (κ3) is 5.61. The van der Waals surface area contributed by atoms with E-state index in [1.54, 1.807) is 11.9 Å². The average molecular weight is 326 g/mol. The predicted octanol–water partition coefficient (Wildman–Crippen LogP) is 4.19. The number of rotatable bonds is 8. The van der Waals surface area contributed by atoms with Gasteiger partial charge < -0.3 is 15.0 Å². The Morgan fingerprint density at radius 3 is 2.58 bits per heavy atom. The summed E-state index contributed by atoms with van der Waals surface area (Å²) in [4.78, 5) is 13.9. The van der Waals surface area contributed by atoms with Crippen LogP contribution in [0.15, 0.2) is 54.6 Å². The number of hydrogen-bond acceptors (Lipinski definition) is 3. The monoisotopic (exact) mass is 326 g/mol. The summed E-state index contributed by atoms with van der Waals surface area (Å²) in [5.74, 6) is 1.45. The molecule has 128 valence electrons. The maximum Gasteiger partial charge on any atom is 0.246 e. The van der Waals surface area contributed by atoms with Gasteiger partial charge in [-0.3, -0.25) is 4.79 Å². The van der Waals surface area contributed by atoms with E-state index in [9.17, 15) is 4.79 Å². The van der Waals surface area contributed by atoms with Gasteiger partial charge in [-0.2, -0.15) is 0 Å². The smallest absolute Gasteiger partial charge is 0.246 e. The normalized spacial score (nSPS) is 10.5. The number of nitrogens with zero attached hydrogens (tertiary/aromatic N) is 1. The summed E-state index contributed by atoms with van der Waals surface area (Å²) in [6, 6.07) is 17.3. The first kappa shape index (κ1) is 17.9. The lowest BCUT2D eigenvalue weighted by Crippen LogP contribution is -2.32. The number of nitrogens with one attached hydrogen (secondary N) is 1. The van der Waals surface area contributed by atoms with E-state index in [0.29, 0.717) is 12.5 Å². The van der Waals surface area contributed by atoms with E-state index in [2.05, 4.69) is 19.2 Å². The van der Waals surface area contributed by atoms with Gasteiger partial charge in [-0.1, -0.05) is 38.1 Å².